The van der Waals surface area contributed by atoms with E-state index < -0.39 is 0 Å². The molecule has 0 aliphatic carbocycles. The summed E-state index contributed by atoms with van der Waals surface area (Å²) >= 11 is 1.46. The van der Waals surface area contributed by atoms with E-state index in [0.29, 0.717) is 5.88 Å². The molecule has 0 atom stereocenters. The Morgan fingerprint density at radius 1 is 1.09 bits per heavy atom. The van der Waals surface area contributed by atoms with Crippen LogP contribution in [-0.2, 0) is 0 Å². The van der Waals surface area contributed by atoms with Crippen molar-refractivity contribution in [1.82, 2.24) is 19.3 Å². The smallest absolute Gasteiger partial charge is 0.257 e. The van der Waals surface area contributed by atoms with Crippen molar-refractivity contribution >= 4 is 22.5 Å². The summed E-state index contributed by atoms with van der Waals surface area (Å²) in [5.74, 6) is 2.27. The van der Waals surface area contributed by atoms with Crippen LogP contribution in [0, 0.1) is 6.92 Å². The first-order valence-electron chi connectivity index (χ1n) is 7.41. The topological polar surface area (TPSA) is 67.3 Å². The molecule has 8 heteroatoms. The van der Waals surface area contributed by atoms with E-state index in [1.165, 1.54) is 11.5 Å². The van der Waals surface area contributed by atoms with Gasteiger partial charge in [-0.05, 0) is 20.8 Å². The number of hydrogen-bond donors (Lipinski definition) is 0. The zero-order chi connectivity index (χ0) is 15.5. The third-order valence-corrected chi connectivity index (χ3v) is 4.23. The van der Waals surface area contributed by atoms with Crippen LogP contribution in [0.25, 0.3) is 0 Å². The lowest BCUT2D eigenvalue weighted by molar-refractivity contribution is 0.232. The quantitative estimate of drug-likeness (QED) is 0.850. The summed E-state index contributed by atoms with van der Waals surface area (Å²) in [5, 5.41) is 0.995. The van der Waals surface area contributed by atoms with Crippen LogP contribution in [0.3, 0.4) is 0 Å². The molecule has 1 aliphatic rings. The van der Waals surface area contributed by atoms with Crippen molar-refractivity contribution in [2.75, 3.05) is 36.0 Å². The van der Waals surface area contributed by atoms with Crippen molar-refractivity contribution in [3.63, 3.8) is 0 Å². The molecule has 0 saturated carbocycles. The molecule has 0 unspecified atom stereocenters. The van der Waals surface area contributed by atoms with Gasteiger partial charge in [0, 0.05) is 50.1 Å². The summed E-state index contributed by atoms with van der Waals surface area (Å²) in [6, 6.07) is 0. The number of aryl methyl sites for hydroxylation is 1. The van der Waals surface area contributed by atoms with Crippen molar-refractivity contribution in [2.24, 2.45) is 0 Å². The molecular formula is C14H20N6OS. The van der Waals surface area contributed by atoms with Crippen molar-refractivity contribution < 1.29 is 4.74 Å². The fourth-order valence-electron chi connectivity index (χ4n) is 2.37. The second-order valence-electron chi connectivity index (χ2n) is 5.45. The van der Waals surface area contributed by atoms with Crippen LogP contribution in [0.1, 0.15) is 19.7 Å². The van der Waals surface area contributed by atoms with Gasteiger partial charge in [0.25, 0.3) is 5.88 Å². The number of rotatable bonds is 4. The Labute approximate surface area is 134 Å². The highest BCUT2D eigenvalue weighted by molar-refractivity contribution is 7.09. The molecule has 3 rings (SSSR count). The average molecular weight is 320 g/mol. The Morgan fingerprint density at radius 2 is 1.77 bits per heavy atom. The maximum Gasteiger partial charge on any atom is 0.257 e. The summed E-state index contributed by atoms with van der Waals surface area (Å²) in [7, 11) is 0. The van der Waals surface area contributed by atoms with Gasteiger partial charge in [0.05, 0.1) is 6.10 Å². The van der Waals surface area contributed by atoms with Gasteiger partial charge in [-0.1, -0.05) is 0 Å². The monoisotopic (exact) mass is 320 g/mol. The minimum absolute atomic E-state index is 0.0844. The largest absolute Gasteiger partial charge is 0.472 e. The van der Waals surface area contributed by atoms with Gasteiger partial charge in [0.1, 0.15) is 5.82 Å². The van der Waals surface area contributed by atoms with Gasteiger partial charge >= 0.3 is 0 Å². The first-order chi connectivity index (χ1) is 10.6. The molecule has 118 valence electrons. The highest BCUT2D eigenvalue weighted by Crippen LogP contribution is 2.26. The minimum atomic E-state index is 0.0844. The van der Waals surface area contributed by atoms with Crippen molar-refractivity contribution in [2.45, 2.75) is 26.9 Å². The molecule has 3 heterocycles. The lowest BCUT2D eigenvalue weighted by Crippen LogP contribution is -2.47. The van der Waals surface area contributed by atoms with Crippen LogP contribution >= 0.6 is 11.5 Å². The van der Waals surface area contributed by atoms with Gasteiger partial charge in [0.2, 0.25) is 5.13 Å². The van der Waals surface area contributed by atoms with Gasteiger partial charge in [-0.15, -0.1) is 0 Å². The lowest BCUT2D eigenvalue weighted by Gasteiger charge is -2.35. The molecule has 2 aromatic heterocycles. The number of aromatic nitrogens is 4. The van der Waals surface area contributed by atoms with E-state index >= 15 is 0 Å². The SMILES string of the molecule is Cc1nsc(N2CCN(c3nccnc3OC(C)C)CC2)n1. The van der Waals surface area contributed by atoms with Crippen LogP contribution in [-0.4, -0.2) is 51.6 Å². The Morgan fingerprint density at radius 3 is 2.41 bits per heavy atom. The third-order valence-electron chi connectivity index (χ3n) is 3.36. The lowest BCUT2D eigenvalue weighted by atomic mass is 10.3. The van der Waals surface area contributed by atoms with E-state index in [-0.39, 0.29) is 6.10 Å². The molecular weight excluding hydrogens is 300 g/mol. The molecule has 0 aromatic carbocycles. The summed E-state index contributed by atoms with van der Waals surface area (Å²) in [6.07, 6.45) is 3.46. The fourth-order valence-corrected chi connectivity index (χ4v) is 3.09. The van der Waals surface area contributed by atoms with Crippen molar-refractivity contribution in [3.8, 4) is 5.88 Å². The molecule has 1 saturated heterocycles. The predicted molar refractivity (Wildman–Crippen MR) is 86.9 cm³/mol. The molecule has 0 spiro atoms. The van der Waals surface area contributed by atoms with Crippen LogP contribution in [0.5, 0.6) is 5.88 Å². The Hall–Kier alpha value is -1.96. The standard InChI is InChI=1S/C14H20N6OS/c1-10(2)21-13-12(15-4-5-16-13)19-6-8-20(9-7-19)14-17-11(3)18-22-14/h4-5,10H,6-9H2,1-3H3. The van der Waals surface area contributed by atoms with Crippen LogP contribution < -0.4 is 14.5 Å². The molecule has 0 radical (unpaired) electrons. The summed E-state index contributed by atoms with van der Waals surface area (Å²) in [5.41, 5.74) is 0. The summed E-state index contributed by atoms with van der Waals surface area (Å²) in [6.45, 7) is 9.43. The van der Waals surface area contributed by atoms with Crippen LogP contribution in [0.2, 0.25) is 0 Å². The molecule has 2 aromatic rings. The first-order valence-corrected chi connectivity index (χ1v) is 8.18. The Kier molecular flexibility index (Phi) is 4.37. The second-order valence-corrected chi connectivity index (χ2v) is 6.18. The summed E-state index contributed by atoms with van der Waals surface area (Å²) in [4.78, 5) is 17.7. The first kappa shape index (κ1) is 15.0. The van der Waals surface area contributed by atoms with E-state index in [2.05, 4.69) is 29.1 Å². The fraction of sp³-hybridized carbons (Fsp3) is 0.571. The number of anilines is 2. The minimum Gasteiger partial charge on any atom is -0.472 e. The normalized spacial score (nSPS) is 15.5. The predicted octanol–water partition coefficient (Wildman–Crippen LogP) is 1.75. The van der Waals surface area contributed by atoms with E-state index in [0.717, 1.165) is 43.0 Å². The van der Waals surface area contributed by atoms with Gasteiger partial charge in [0.15, 0.2) is 5.82 Å². The van der Waals surface area contributed by atoms with Crippen LogP contribution in [0.15, 0.2) is 12.4 Å². The van der Waals surface area contributed by atoms with Gasteiger partial charge in [-0.25, -0.2) is 15.0 Å². The molecule has 0 bridgehead atoms. The maximum atomic E-state index is 5.76. The molecule has 1 aliphatic heterocycles. The highest BCUT2D eigenvalue weighted by atomic mass is 32.1. The van der Waals surface area contributed by atoms with E-state index in [1.807, 2.05) is 20.8 Å². The Balaban J connectivity index is 1.69. The number of ether oxygens (including phenoxy) is 1. The molecule has 0 amide bonds. The highest BCUT2D eigenvalue weighted by Gasteiger charge is 2.23. The van der Waals surface area contributed by atoms with Gasteiger partial charge in [-0.3, -0.25) is 0 Å². The van der Waals surface area contributed by atoms with E-state index in [9.17, 15) is 0 Å². The molecule has 1 fully saturated rings. The van der Waals surface area contributed by atoms with Crippen molar-refractivity contribution in [3.05, 3.63) is 18.2 Å². The van der Waals surface area contributed by atoms with Crippen LogP contribution in [0.4, 0.5) is 10.9 Å². The zero-order valence-corrected chi connectivity index (χ0v) is 13.9. The number of piperazine rings is 1. The molecule has 22 heavy (non-hydrogen) atoms. The summed E-state index contributed by atoms with van der Waals surface area (Å²) < 4.78 is 10.0. The maximum absolute atomic E-state index is 5.76. The van der Waals surface area contributed by atoms with E-state index in [1.54, 1.807) is 12.4 Å². The third kappa shape index (κ3) is 3.27. The average Bonchev–Trinajstić information content (AvgIpc) is 2.94. The zero-order valence-electron chi connectivity index (χ0n) is 13.1. The molecule has 7 nitrogen and oxygen atoms in total. The van der Waals surface area contributed by atoms with Gasteiger partial charge in [-0.2, -0.15) is 4.37 Å². The van der Waals surface area contributed by atoms with Gasteiger partial charge < -0.3 is 14.5 Å². The Bertz CT molecular complexity index is 623. The second kappa shape index (κ2) is 6.43. The molecule has 0 N–H and O–H groups in total. The number of nitrogens with zero attached hydrogens (tertiary/aromatic N) is 6. The van der Waals surface area contributed by atoms with E-state index in [4.69, 9.17) is 4.74 Å². The number of hydrogen-bond acceptors (Lipinski definition) is 8. The van der Waals surface area contributed by atoms with Crippen molar-refractivity contribution in [1.29, 1.82) is 0 Å².